The number of fused-ring (bicyclic) bond motifs is 1. The van der Waals surface area contributed by atoms with Crippen LogP contribution in [-0.4, -0.2) is 11.5 Å². The number of benzene rings is 1. The molecule has 3 N–H and O–H groups in total. The molecule has 1 fully saturated rings. The van der Waals surface area contributed by atoms with Gasteiger partial charge >= 0.3 is 0 Å². The summed E-state index contributed by atoms with van der Waals surface area (Å²) in [5.41, 5.74) is 5.11. The van der Waals surface area contributed by atoms with Crippen molar-refractivity contribution in [2.45, 2.75) is 32.2 Å². The minimum atomic E-state index is 0.120. The van der Waals surface area contributed by atoms with Crippen LogP contribution in [0, 0.1) is 12.8 Å². The van der Waals surface area contributed by atoms with Gasteiger partial charge in [-0.3, -0.25) is 5.84 Å². The van der Waals surface area contributed by atoms with Crippen molar-refractivity contribution in [2.75, 3.05) is 11.5 Å². The Morgan fingerprint density at radius 3 is 2.90 bits per heavy atom. The SMILES string of the molecule is Cc1cccc2cc(C(CC3CCSCC3)NN)oc12. The predicted molar refractivity (Wildman–Crippen MR) is 85.7 cm³/mol. The lowest BCUT2D eigenvalue weighted by atomic mass is 9.93. The first-order valence-corrected chi connectivity index (χ1v) is 8.46. The quantitative estimate of drug-likeness (QED) is 0.664. The highest BCUT2D eigenvalue weighted by molar-refractivity contribution is 7.99. The average Bonchev–Trinajstić information content (AvgIpc) is 2.91. The molecule has 0 amide bonds. The van der Waals surface area contributed by atoms with Gasteiger partial charge in [-0.15, -0.1) is 0 Å². The van der Waals surface area contributed by atoms with Crippen LogP contribution in [0.1, 0.15) is 36.6 Å². The molecule has 1 unspecified atom stereocenters. The van der Waals surface area contributed by atoms with Crippen LogP contribution in [0.15, 0.2) is 28.7 Å². The Bertz CT molecular complexity index is 575. The maximum Gasteiger partial charge on any atom is 0.137 e. The molecule has 0 aliphatic carbocycles. The lowest BCUT2D eigenvalue weighted by molar-refractivity contribution is 0.337. The number of nitrogens with two attached hydrogens (primary N) is 1. The second-order valence-corrected chi connectivity index (χ2v) is 6.88. The molecule has 2 aromatic rings. The number of furan rings is 1. The second kappa shape index (κ2) is 6.20. The zero-order valence-electron chi connectivity index (χ0n) is 11.9. The van der Waals surface area contributed by atoms with Crippen LogP contribution in [0.4, 0.5) is 0 Å². The summed E-state index contributed by atoms with van der Waals surface area (Å²) < 4.78 is 6.05. The van der Waals surface area contributed by atoms with Crippen LogP contribution in [0.25, 0.3) is 11.0 Å². The van der Waals surface area contributed by atoms with Gasteiger partial charge in [-0.05, 0) is 55.2 Å². The Morgan fingerprint density at radius 2 is 2.20 bits per heavy atom. The van der Waals surface area contributed by atoms with Gasteiger partial charge in [0.2, 0.25) is 0 Å². The third-order valence-electron chi connectivity index (χ3n) is 4.21. The van der Waals surface area contributed by atoms with Gasteiger partial charge in [-0.1, -0.05) is 18.2 Å². The van der Waals surface area contributed by atoms with Crippen LogP contribution in [-0.2, 0) is 0 Å². The van der Waals surface area contributed by atoms with Crippen LogP contribution in [0.3, 0.4) is 0 Å². The van der Waals surface area contributed by atoms with Gasteiger partial charge in [0.05, 0.1) is 6.04 Å². The summed E-state index contributed by atoms with van der Waals surface area (Å²) in [5, 5.41) is 1.17. The summed E-state index contributed by atoms with van der Waals surface area (Å²) in [5.74, 6) is 10.0. The first-order valence-electron chi connectivity index (χ1n) is 7.31. The molecule has 20 heavy (non-hydrogen) atoms. The highest BCUT2D eigenvalue weighted by atomic mass is 32.2. The summed E-state index contributed by atoms with van der Waals surface area (Å²) >= 11 is 2.06. The van der Waals surface area contributed by atoms with Gasteiger partial charge < -0.3 is 4.42 Å². The normalized spacial score (nSPS) is 18.5. The summed E-state index contributed by atoms with van der Waals surface area (Å²) in [6.45, 7) is 2.08. The van der Waals surface area contributed by atoms with Crippen molar-refractivity contribution in [1.29, 1.82) is 0 Å². The average molecular weight is 290 g/mol. The van der Waals surface area contributed by atoms with Crippen molar-refractivity contribution in [3.63, 3.8) is 0 Å². The van der Waals surface area contributed by atoms with E-state index in [1.807, 2.05) is 0 Å². The number of hydrazine groups is 1. The predicted octanol–water partition coefficient (Wildman–Crippen LogP) is 3.78. The first kappa shape index (κ1) is 14.0. The molecule has 1 aliphatic heterocycles. The molecule has 0 bridgehead atoms. The molecule has 1 aromatic carbocycles. The van der Waals surface area contributed by atoms with E-state index < -0.39 is 0 Å². The molecule has 2 heterocycles. The van der Waals surface area contributed by atoms with Crippen molar-refractivity contribution in [3.8, 4) is 0 Å². The van der Waals surface area contributed by atoms with Gasteiger partial charge in [0, 0.05) is 5.39 Å². The topological polar surface area (TPSA) is 51.2 Å². The van der Waals surface area contributed by atoms with Gasteiger partial charge in [0.25, 0.3) is 0 Å². The summed E-state index contributed by atoms with van der Waals surface area (Å²) in [4.78, 5) is 0. The number of hydrogen-bond donors (Lipinski definition) is 2. The maximum absolute atomic E-state index is 6.05. The largest absolute Gasteiger partial charge is 0.459 e. The Kier molecular flexibility index (Phi) is 4.34. The number of thioether (sulfide) groups is 1. The molecular weight excluding hydrogens is 268 g/mol. The smallest absolute Gasteiger partial charge is 0.137 e. The Balaban J connectivity index is 1.81. The van der Waals surface area contributed by atoms with E-state index in [0.29, 0.717) is 0 Å². The van der Waals surface area contributed by atoms with Crippen LogP contribution < -0.4 is 11.3 Å². The number of rotatable bonds is 4. The summed E-state index contributed by atoms with van der Waals surface area (Å²) in [6, 6.07) is 8.50. The first-order chi connectivity index (χ1) is 9.78. The van der Waals surface area contributed by atoms with Gasteiger partial charge in [-0.25, -0.2) is 5.43 Å². The van der Waals surface area contributed by atoms with E-state index >= 15 is 0 Å². The molecule has 1 aromatic heterocycles. The maximum atomic E-state index is 6.05. The summed E-state index contributed by atoms with van der Waals surface area (Å²) in [7, 11) is 0. The van der Waals surface area contributed by atoms with E-state index in [1.165, 1.54) is 35.3 Å². The number of aryl methyl sites for hydroxylation is 1. The van der Waals surface area contributed by atoms with Crippen molar-refractivity contribution in [3.05, 3.63) is 35.6 Å². The molecule has 1 saturated heterocycles. The van der Waals surface area contributed by atoms with Gasteiger partial charge in [0.1, 0.15) is 11.3 Å². The minimum absolute atomic E-state index is 0.120. The third kappa shape index (κ3) is 2.87. The zero-order chi connectivity index (χ0) is 13.9. The molecule has 108 valence electrons. The van der Waals surface area contributed by atoms with E-state index in [4.69, 9.17) is 10.3 Å². The molecule has 3 nitrogen and oxygen atoms in total. The molecule has 3 rings (SSSR count). The second-order valence-electron chi connectivity index (χ2n) is 5.65. The third-order valence-corrected chi connectivity index (χ3v) is 5.26. The van der Waals surface area contributed by atoms with Crippen molar-refractivity contribution < 1.29 is 4.42 Å². The summed E-state index contributed by atoms with van der Waals surface area (Å²) in [6.07, 6.45) is 3.65. The van der Waals surface area contributed by atoms with Crippen LogP contribution >= 0.6 is 11.8 Å². The minimum Gasteiger partial charge on any atom is -0.459 e. The molecule has 0 radical (unpaired) electrons. The Morgan fingerprint density at radius 1 is 1.40 bits per heavy atom. The van der Waals surface area contributed by atoms with Crippen LogP contribution in [0.2, 0.25) is 0 Å². The monoisotopic (exact) mass is 290 g/mol. The zero-order valence-corrected chi connectivity index (χ0v) is 12.7. The lowest BCUT2D eigenvalue weighted by Gasteiger charge is -2.24. The van der Waals surface area contributed by atoms with Gasteiger partial charge in [0.15, 0.2) is 0 Å². The van der Waals surface area contributed by atoms with E-state index in [9.17, 15) is 0 Å². The van der Waals surface area contributed by atoms with Crippen LogP contribution in [0.5, 0.6) is 0 Å². The Hall–Kier alpha value is -0.970. The van der Waals surface area contributed by atoms with Crippen molar-refractivity contribution >= 4 is 22.7 Å². The van der Waals surface area contributed by atoms with E-state index in [-0.39, 0.29) is 6.04 Å². The van der Waals surface area contributed by atoms with E-state index in [2.05, 4.69) is 48.4 Å². The molecule has 1 aliphatic rings. The molecular formula is C16H22N2OS. The van der Waals surface area contributed by atoms with Gasteiger partial charge in [-0.2, -0.15) is 11.8 Å². The standard InChI is InChI=1S/C16H22N2OS/c1-11-3-2-4-13-10-15(19-16(11)13)14(18-17)9-12-5-7-20-8-6-12/h2-4,10,12,14,18H,5-9,17H2,1H3. The van der Waals surface area contributed by atoms with E-state index in [0.717, 1.165) is 23.7 Å². The lowest BCUT2D eigenvalue weighted by Crippen LogP contribution is -2.30. The number of hydrogen-bond acceptors (Lipinski definition) is 4. The molecule has 1 atom stereocenters. The fourth-order valence-electron chi connectivity index (χ4n) is 2.98. The fraction of sp³-hybridized carbons (Fsp3) is 0.500. The number of para-hydroxylation sites is 1. The molecule has 0 spiro atoms. The fourth-order valence-corrected chi connectivity index (χ4v) is 4.19. The van der Waals surface area contributed by atoms with Crippen molar-refractivity contribution in [1.82, 2.24) is 5.43 Å². The number of nitrogens with one attached hydrogen (secondary N) is 1. The van der Waals surface area contributed by atoms with E-state index in [1.54, 1.807) is 0 Å². The molecule has 4 heteroatoms. The molecule has 0 saturated carbocycles. The highest BCUT2D eigenvalue weighted by Gasteiger charge is 2.22. The highest BCUT2D eigenvalue weighted by Crippen LogP contribution is 2.33. The Labute approximate surface area is 124 Å². The van der Waals surface area contributed by atoms with Crippen molar-refractivity contribution in [2.24, 2.45) is 11.8 Å².